The van der Waals surface area contributed by atoms with Gasteiger partial charge in [0.25, 0.3) is 15.9 Å². The second-order valence-electron chi connectivity index (χ2n) is 8.09. The van der Waals surface area contributed by atoms with E-state index < -0.39 is 10.0 Å². The van der Waals surface area contributed by atoms with Crippen LogP contribution >= 0.6 is 0 Å². The van der Waals surface area contributed by atoms with E-state index in [-0.39, 0.29) is 29.5 Å². The fraction of sp³-hybridized carbons (Fsp3) is 0.138. The Balaban J connectivity index is 1.67. The van der Waals surface area contributed by atoms with Crippen molar-refractivity contribution in [2.24, 2.45) is 0 Å². The molecule has 0 fully saturated rings. The number of nitrogens with one attached hydrogen (secondary N) is 1. The predicted molar refractivity (Wildman–Crippen MR) is 141 cm³/mol. The number of ether oxygens (including phenoxy) is 1. The molecule has 0 radical (unpaired) electrons. The summed E-state index contributed by atoms with van der Waals surface area (Å²) in [5, 5.41) is 2.92. The maximum atomic E-state index is 13.8. The number of amides is 1. The van der Waals surface area contributed by atoms with E-state index in [4.69, 9.17) is 4.74 Å². The van der Waals surface area contributed by atoms with Gasteiger partial charge in [-0.05, 0) is 54.4 Å². The molecule has 0 aromatic heterocycles. The van der Waals surface area contributed by atoms with Gasteiger partial charge in [0.1, 0.15) is 5.75 Å². The normalized spacial score (nSPS) is 11.0. The summed E-state index contributed by atoms with van der Waals surface area (Å²) < 4.78 is 34.4. The summed E-state index contributed by atoms with van der Waals surface area (Å²) in [6, 6.07) is 31.8. The Morgan fingerprint density at radius 1 is 0.806 bits per heavy atom. The van der Waals surface area contributed by atoms with E-state index in [0.717, 1.165) is 16.9 Å². The summed E-state index contributed by atoms with van der Waals surface area (Å²) in [4.78, 5) is 13.5. The van der Waals surface area contributed by atoms with Gasteiger partial charge in [-0.2, -0.15) is 0 Å². The van der Waals surface area contributed by atoms with Gasteiger partial charge < -0.3 is 10.1 Å². The third-order valence-electron chi connectivity index (χ3n) is 5.58. The molecule has 0 saturated heterocycles. The second-order valence-corrected chi connectivity index (χ2v) is 9.95. The van der Waals surface area contributed by atoms with E-state index in [9.17, 15) is 13.2 Å². The summed E-state index contributed by atoms with van der Waals surface area (Å²) in [5.41, 5.74) is 2.27. The number of sulfonamides is 1. The Morgan fingerprint density at radius 2 is 1.44 bits per heavy atom. The number of carbonyl (C=O) groups excluding carboxylic acids is 1. The summed E-state index contributed by atoms with van der Waals surface area (Å²) in [6.07, 6.45) is 0. The highest BCUT2D eigenvalue weighted by molar-refractivity contribution is 7.92. The number of carbonyl (C=O) groups is 1. The Hall–Kier alpha value is -4.10. The second kappa shape index (κ2) is 11.6. The number of hydrogen-bond acceptors (Lipinski definition) is 4. The van der Waals surface area contributed by atoms with Crippen LogP contribution in [0.3, 0.4) is 0 Å². The highest BCUT2D eigenvalue weighted by Gasteiger charge is 2.28. The van der Waals surface area contributed by atoms with Gasteiger partial charge in [0, 0.05) is 6.54 Å². The molecule has 0 aliphatic rings. The van der Waals surface area contributed by atoms with Crippen molar-refractivity contribution in [1.82, 2.24) is 5.32 Å². The van der Waals surface area contributed by atoms with E-state index in [2.05, 4.69) is 5.32 Å². The number of nitrogens with zero attached hydrogens (tertiary/aromatic N) is 1. The van der Waals surface area contributed by atoms with Crippen LogP contribution in [0, 0.1) is 0 Å². The monoisotopic (exact) mass is 500 g/mol. The fourth-order valence-electron chi connectivity index (χ4n) is 3.84. The van der Waals surface area contributed by atoms with Gasteiger partial charge in [-0.15, -0.1) is 0 Å². The average Bonchev–Trinajstić information content (AvgIpc) is 2.92. The Morgan fingerprint density at radius 3 is 2.17 bits per heavy atom. The summed E-state index contributed by atoms with van der Waals surface area (Å²) in [6.45, 7) is 2.82. The highest BCUT2D eigenvalue weighted by Crippen LogP contribution is 2.29. The zero-order chi connectivity index (χ0) is 25.4. The molecule has 0 aliphatic heterocycles. The van der Waals surface area contributed by atoms with Crippen molar-refractivity contribution >= 4 is 21.6 Å². The molecule has 4 rings (SSSR count). The molecule has 0 unspecified atom stereocenters. The fourth-order valence-corrected chi connectivity index (χ4v) is 5.33. The molecule has 0 bridgehead atoms. The molecule has 0 heterocycles. The zero-order valence-electron chi connectivity index (χ0n) is 20.0. The molecule has 0 aliphatic carbocycles. The quantitative estimate of drug-likeness (QED) is 0.316. The van der Waals surface area contributed by atoms with Gasteiger partial charge in [0.2, 0.25) is 0 Å². The van der Waals surface area contributed by atoms with Crippen LogP contribution < -0.4 is 14.4 Å². The number of anilines is 1. The minimum atomic E-state index is -3.95. The molecule has 0 spiro atoms. The standard InChI is InChI=1S/C29H28N2O4S/c1-2-35-25-15-11-14-24(20-25)21-30-29(32)27-18-9-10-19-28(27)31(22-23-12-5-3-6-13-23)36(33,34)26-16-7-4-8-17-26/h3-20H,2,21-22H2,1H3,(H,30,32). The van der Waals surface area contributed by atoms with Crippen LogP contribution in [-0.4, -0.2) is 20.9 Å². The SMILES string of the molecule is CCOc1cccc(CNC(=O)c2ccccc2N(Cc2ccccc2)S(=O)(=O)c2ccccc2)c1. The van der Waals surface area contributed by atoms with E-state index in [1.165, 1.54) is 4.31 Å². The number of benzene rings is 4. The van der Waals surface area contributed by atoms with Gasteiger partial charge in [-0.3, -0.25) is 9.10 Å². The van der Waals surface area contributed by atoms with Crippen molar-refractivity contribution in [3.8, 4) is 5.75 Å². The van der Waals surface area contributed by atoms with Crippen molar-refractivity contribution in [3.05, 3.63) is 126 Å². The van der Waals surface area contributed by atoms with E-state index in [1.54, 1.807) is 54.6 Å². The predicted octanol–water partition coefficient (Wildman–Crippen LogP) is 5.41. The minimum Gasteiger partial charge on any atom is -0.494 e. The molecule has 4 aromatic carbocycles. The first-order valence-electron chi connectivity index (χ1n) is 11.7. The zero-order valence-corrected chi connectivity index (χ0v) is 20.8. The lowest BCUT2D eigenvalue weighted by Crippen LogP contribution is -2.33. The lowest BCUT2D eigenvalue weighted by atomic mass is 10.1. The van der Waals surface area contributed by atoms with Crippen molar-refractivity contribution in [3.63, 3.8) is 0 Å². The van der Waals surface area contributed by atoms with Crippen LogP contribution in [0.5, 0.6) is 5.75 Å². The molecular weight excluding hydrogens is 472 g/mol. The van der Waals surface area contributed by atoms with Crippen LogP contribution in [0.2, 0.25) is 0 Å². The summed E-state index contributed by atoms with van der Waals surface area (Å²) in [7, 11) is -3.95. The summed E-state index contributed by atoms with van der Waals surface area (Å²) in [5.74, 6) is 0.362. The first-order valence-corrected chi connectivity index (χ1v) is 13.1. The van der Waals surface area contributed by atoms with Crippen LogP contribution in [0.4, 0.5) is 5.69 Å². The highest BCUT2D eigenvalue weighted by atomic mass is 32.2. The number of para-hydroxylation sites is 1. The van der Waals surface area contributed by atoms with Gasteiger partial charge in [-0.1, -0.05) is 72.8 Å². The molecule has 4 aromatic rings. The van der Waals surface area contributed by atoms with Crippen LogP contribution in [-0.2, 0) is 23.1 Å². The van der Waals surface area contributed by atoms with Crippen molar-refractivity contribution in [1.29, 1.82) is 0 Å². The van der Waals surface area contributed by atoms with Gasteiger partial charge >= 0.3 is 0 Å². The van der Waals surface area contributed by atoms with Gasteiger partial charge in [0.05, 0.1) is 29.3 Å². The molecule has 36 heavy (non-hydrogen) atoms. The lowest BCUT2D eigenvalue weighted by Gasteiger charge is -2.26. The van der Waals surface area contributed by atoms with Gasteiger partial charge in [0.15, 0.2) is 0 Å². The largest absolute Gasteiger partial charge is 0.494 e. The third-order valence-corrected chi connectivity index (χ3v) is 7.35. The van der Waals surface area contributed by atoms with Crippen LogP contribution in [0.25, 0.3) is 0 Å². The number of rotatable bonds is 10. The minimum absolute atomic E-state index is 0.0821. The first kappa shape index (κ1) is 25.0. The molecule has 0 atom stereocenters. The van der Waals surface area contributed by atoms with E-state index in [0.29, 0.717) is 12.3 Å². The molecule has 7 heteroatoms. The topological polar surface area (TPSA) is 75.7 Å². The molecule has 1 amide bonds. The van der Waals surface area contributed by atoms with Crippen molar-refractivity contribution in [2.45, 2.75) is 24.9 Å². The third kappa shape index (κ3) is 5.93. The molecular formula is C29H28N2O4S. The average molecular weight is 501 g/mol. The Kier molecular flexibility index (Phi) is 8.02. The maximum Gasteiger partial charge on any atom is 0.264 e. The van der Waals surface area contributed by atoms with E-state index in [1.807, 2.05) is 61.5 Å². The number of hydrogen-bond donors (Lipinski definition) is 1. The summed E-state index contributed by atoms with van der Waals surface area (Å²) >= 11 is 0. The molecule has 184 valence electrons. The van der Waals surface area contributed by atoms with Crippen molar-refractivity contribution in [2.75, 3.05) is 10.9 Å². The van der Waals surface area contributed by atoms with Crippen molar-refractivity contribution < 1.29 is 17.9 Å². The Bertz CT molecular complexity index is 1410. The maximum absolute atomic E-state index is 13.8. The van der Waals surface area contributed by atoms with Crippen LogP contribution in [0.1, 0.15) is 28.4 Å². The Labute approximate surface area is 212 Å². The smallest absolute Gasteiger partial charge is 0.264 e. The lowest BCUT2D eigenvalue weighted by molar-refractivity contribution is 0.0951. The van der Waals surface area contributed by atoms with Gasteiger partial charge in [-0.25, -0.2) is 8.42 Å². The first-order chi connectivity index (χ1) is 17.5. The molecule has 1 N–H and O–H groups in total. The molecule has 0 saturated carbocycles. The molecule has 6 nitrogen and oxygen atoms in total. The van der Waals surface area contributed by atoms with Crippen LogP contribution in [0.15, 0.2) is 114 Å². The van der Waals surface area contributed by atoms with E-state index >= 15 is 0 Å².